The van der Waals surface area contributed by atoms with Crippen LogP contribution in [0.25, 0.3) is 0 Å². The Morgan fingerprint density at radius 2 is 2.25 bits per heavy atom. The minimum Gasteiger partial charge on any atom is -0.477 e. The van der Waals surface area contributed by atoms with Crippen molar-refractivity contribution >= 4 is 5.78 Å². The van der Waals surface area contributed by atoms with Crippen LogP contribution in [0.1, 0.15) is 19.0 Å². The smallest absolute Gasteiger partial charge is 0.232 e. The number of carbonyl (C=O) groups excluding carboxylic acids is 1. The summed E-state index contributed by atoms with van der Waals surface area (Å²) in [6, 6.07) is 0. The van der Waals surface area contributed by atoms with Crippen molar-refractivity contribution < 1.29 is 14.3 Å². The Morgan fingerprint density at radius 3 is 2.94 bits per heavy atom. The van der Waals surface area contributed by atoms with Crippen molar-refractivity contribution in [2.24, 2.45) is 0 Å². The van der Waals surface area contributed by atoms with Gasteiger partial charge < -0.3 is 9.47 Å². The molecular weight excluding hydrogens is 208 g/mol. The molecule has 0 aliphatic rings. The van der Waals surface area contributed by atoms with Gasteiger partial charge in [-0.3, -0.25) is 9.78 Å². The highest BCUT2D eigenvalue weighted by molar-refractivity contribution is 5.81. The molecule has 0 radical (unpaired) electrons. The summed E-state index contributed by atoms with van der Waals surface area (Å²) in [6.07, 6.45) is 4.24. The van der Waals surface area contributed by atoms with E-state index >= 15 is 0 Å². The maximum atomic E-state index is 11.3. The fraction of sp³-hybridized carbons (Fsp3) is 0.545. The Kier molecular flexibility index (Phi) is 5.42. The molecule has 5 nitrogen and oxygen atoms in total. The molecular formula is C11H16N2O3. The molecule has 0 unspecified atom stereocenters. The van der Waals surface area contributed by atoms with Crippen molar-refractivity contribution in [1.82, 2.24) is 9.97 Å². The Hall–Kier alpha value is -1.49. The summed E-state index contributed by atoms with van der Waals surface area (Å²) in [5.74, 6) is 0.439. The average Bonchev–Trinajstić information content (AvgIpc) is 2.27. The summed E-state index contributed by atoms with van der Waals surface area (Å²) in [4.78, 5) is 19.4. The third-order valence-corrected chi connectivity index (χ3v) is 1.80. The summed E-state index contributed by atoms with van der Waals surface area (Å²) in [7, 11) is 1.49. The highest BCUT2D eigenvalue weighted by Crippen LogP contribution is 2.06. The van der Waals surface area contributed by atoms with Crippen LogP contribution < -0.4 is 4.74 Å². The molecule has 0 N–H and O–H groups in total. The van der Waals surface area contributed by atoms with Crippen molar-refractivity contribution in [1.29, 1.82) is 0 Å². The topological polar surface area (TPSA) is 61.3 Å². The normalized spacial score (nSPS) is 10.1. The third kappa shape index (κ3) is 4.35. The van der Waals surface area contributed by atoms with Crippen LogP contribution in [0.5, 0.6) is 5.88 Å². The first-order valence-corrected chi connectivity index (χ1v) is 5.20. The zero-order valence-corrected chi connectivity index (χ0v) is 9.60. The van der Waals surface area contributed by atoms with E-state index in [1.54, 1.807) is 12.4 Å². The molecule has 1 heterocycles. The van der Waals surface area contributed by atoms with Crippen LogP contribution in [-0.4, -0.2) is 36.1 Å². The first-order valence-electron chi connectivity index (χ1n) is 5.20. The van der Waals surface area contributed by atoms with E-state index in [9.17, 15) is 4.79 Å². The number of aromatic nitrogens is 2. The van der Waals surface area contributed by atoms with Gasteiger partial charge in [0.25, 0.3) is 0 Å². The standard InChI is InChI=1S/C11H16N2O3/c1-3-4-16-11-7-12-6-9(13-11)5-10(14)8-15-2/h6-7H,3-5,8H2,1-2H3. The number of hydrogen-bond donors (Lipinski definition) is 0. The molecule has 0 amide bonds. The highest BCUT2D eigenvalue weighted by atomic mass is 16.5. The quantitative estimate of drug-likeness (QED) is 0.692. The number of rotatable bonds is 7. The number of carbonyl (C=O) groups is 1. The van der Waals surface area contributed by atoms with Crippen LogP contribution in [0.15, 0.2) is 12.4 Å². The predicted molar refractivity (Wildman–Crippen MR) is 58.4 cm³/mol. The van der Waals surface area contributed by atoms with Gasteiger partial charge in [-0.1, -0.05) is 6.92 Å². The molecule has 1 rings (SSSR count). The number of methoxy groups -OCH3 is 1. The molecule has 5 heteroatoms. The van der Waals surface area contributed by atoms with Gasteiger partial charge in [-0.2, -0.15) is 0 Å². The van der Waals surface area contributed by atoms with Crippen LogP contribution in [0, 0.1) is 0 Å². The number of Topliss-reactive ketones (excluding diaryl/α,β-unsaturated/α-hetero) is 1. The lowest BCUT2D eigenvalue weighted by Gasteiger charge is -2.04. The average molecular weight is 224 g/mol. The number of nitrogens with zero attached hydrogens (tertiary/aromatic N) is 2. The van der Waals surface area contributed by atoms with E-state index in [0.29, 0.717) is 18.2 Å². The van der Waals surface area contributed by atoms with Gasteiger partial charge in [-0.05, 0) is 6.42 Å². The van der Waals surface area contributed by atoms with Gasteiger partial charge in [0.2, 0.25) is 5.88 Å². The Balaban J connectivity index is 2.56. The molecule has 88 valence electrons. The van der Waals surface area contributed by atoms with Crippen LogP contribution in [-0.2, 0) is 16.0 Å². The van der Waals surface area contributed by atoms with Gasteiger partial charge in [0.15, 0.2) is 5.78 Å². The maximum absolute atomic E-state index is 11.3. The summed E-state index contributed by atoms with van der Waals surface area (Å²) >= 11 is 0. The molecule has 0 aliphatic heterocycles. The molecule has 0 aliphatic carbocycles. The molecule has 0 saturated carbocycles. The lowest BCUT2D eigenvalue weighted by Crippen LogP contribution is -2.11. The number of ketones is 1. The lowest BCUT2D eigenvalue weighted by atomic mass is 10.2. The summed E-state index contributed by atoms with van der Waals surface area (Å²) in [5, 5.41) is 0. The summed E-state index contributed by atoms with van der Waals surface area (Å²) < 4.78 is 10.1. The van der Waals surface area contributed by atoms with Gasteiger partial charge in [-0.25, -0.2) is 4.98 Å². The van der Waals surface area contributed by atoms with Gasteiger partial charge in [0, 0.05) is 13.3 Å². The number of hydrogen-bond acceptors (Lipinski definition) is 5. The first-order chi connectivity index (χ1) is 7.76. The molecule has 0 fully saturated rings. The van der Waals surface area contributed by atoms with E-state index in [-0.39, 0.29) is 18.8 Å². The van der Waals surface area contributed by atoms with Crippen LogP contribution in [0.4, 0.5) is 0 Å². The Morgan fingerprint density at radius 1 is 1.44 bits per heavy atom. The highest BCUT2D eigenvalue weighted by Gasteiger charge is 2.06. The maximum Gasteiger partial charge on any atom is 0.232 e. The zero-order chi connectivity index (χ0) is 11.8. The third-order valence-electron chi connectivity index (χ3n) is 1.80. The van der Waals surface area contributed by atoms with Crippen molar-refractivity contribution in [2.75, 3.05) is 20.3 Å². The van der Waals surface area contributed by atoms with Gasteiger partial charge >= 0.3 is 0 Å². The molecule has 1 aromatic rings. The van der Waals surface area contributed by atoms with Crippen LogP contribution >= 0.6 is 0 Å². The van der Waals surface area contributed by atoms with Crippen molar-refractivity contribution in [3.8, 4) is 5.88 Å². The minimum absolute atomic E-state index is 0.0237. The van der Waals surface area contributed by atoms with Gasteiger partial charge in [-0.15, -0.1) is 0 Å². The molecule has 1 aromatic heterocycles. The first kappa shape index (κ1) is 12.6. The second-order valence-corrected chi connectivity index (χ2v) is 3.35. The van der Waals surface area contributed by atoms with E-state index in [0.717, 1.165) is 6.42 Å². The van der Waals surface area contributed by atoms with E-state index in [4.69, 9.17) is 9.47 Å². The van der Waals surface area contributed by atoms with Gasteiger partial charge in [0.1, 0.15) is 6.61 Å². The fourth-order valence-corrected chi connectivity index (χ4v) is 1.16. The summed E-state index contributed by atoms with van der Waals surface area (Å²) in [6.45, 7) is 2.71. The second-order valence-electron chi connectivity index (χ2n) is 3.35. The largest absolute Gasteiger partial charge is 0.477 e. The van der Waals surface area contributed by atoms with Crippen LogP contribution in [0.2, 0.25) is 0 Å². The molecule has 16 heavy (non-hydrogen) atoms. The van der Waals surface area contributed by atoms with Crippen molar-refractivity contribution in [2.45, 2.75) is 19.8 Å². The van der Waals surface area contributed by atoms with Crippen molar-refractivity contribution in [3.05, 3.63) is 18.1 Å². The summed E-state index contributed by atoms with van der Waals surface area (Å²) in [5.41, 5.74) is 0.607. The van der Waals surface area contributed by atoms with E-state index < -0.39 is 0 Å². The van der Waals surface area contributed by atoms with E-state index in [1.807, 2.05) is 6.92 Å². The van der Waals surface area contributed by atoms with Crippen molar-refractivity contribution in [3.63, 3.8) is 0 Å². The Bertz CT molecular complexity index is 342. The SMILES string of the molecule is CCCOc1cncc(CC(=O)COC)n1. The number of ether oxygens (including phenoxy) is 2. The Labute approximate surface area is 94.8 Å². The molecule has 0 spiro atoms. The molecule has 0 saturated heterocycles. The lowest BCUT2D eigenvalue weighted by molar-refractivity contribution is -0.122. The van der Waals surface area contributed by atoms with E-state index in [2.05, 4.69) is 9.97 Å². The van der Waals surface area contributed by atoms with Gasteiger partial charge in [0.05, 0.1) is 24.9 Å². The minimum atomic E-state index is -0.0237. The predicted octanol–water partition coefficient (Wildman–Crippen LogP) is 1.02. The fourth-order valence-electron chi connectivity index (χ4n) is 1.16. The second kappa shape index (κ2) is 6.90. The van der Waals surface area contributed by atoms with Crippen LogP contribution in [0.3, 0.4) is 0 Å². The molecule has 0 atom stereocenters. The van der Waals surface area contributed by atoms with E-state index in [1.165, 1.54) is 7.11 Å². The molecule has 0 bridgehead atoms. The molecule has 0 aromatic carbocycles. The zero-order valence-electron chi connectivity index (χ0n) is 9.60. The monoisotopic (exact) mass is 224 g/mol.